The van der Waals surface area contributed by atoms with E-state index in [4.69, 9.17) is 24.1 Å². The molecule has 0 unspecified atom stereocenters. The number of ether oxygens (including phenoxy) is 3. The molecular weight excluding hydrogens is 423 g/mol. The number of hydrogen-bond acceptors (Lipinski definition) is 7. The Balaban J connectivity index is 0.000000339. The summed E-state index contributed by atoms with van der Waals surface area (Å²) in [6.45, 7) is 8.73. The maximum atomic E-state index is 13.1. The highest BCUT2D eigenvalue weighted by Gasteiger charge is 2.76. The Kier molecular flexibility index (Phi) is 5.84. The highest BCUT2D eigenvalue weighted by Crippen LogP contribution is 2.66. The molecule has 11 heteroatoms. The summed E-state index contributed by atoms with van der Waals surface area (Å²) in [5.41, 5.74) is -2.40. The van der Waals surface area contributed by atoms with Crippen LogP contribution >= 0.6 is 0 Å². The van der Waals surface area contributed by atoms with Crippen LogP contribution in [0.25, 0.3) is 0 Å². The summed E-state index contributed by atoms with van der Waals surface area (Å²) in [5, 5.41) is 10.5. The van der Waals surface area contributed by atoms with Gasteiger partial charge in [0.1, 0.15) is 6.10 Å². The zero-order valence-corrected chi connectivity index (χ0v) is 17.8. The molecule has 4 fully saturated rings. The number of rotatable bonds is 2. The highest BCUT2D eigenvalue weighted by molar-refractivity contribution is 5.93. The monoisotopic (exact) mass is 451 g/mol. The van der Waals surface area contributed by atoms with E-state index in [1.807, 2.05) is 20.8 Å². The molecule has 3 heterocycles. The van der Waals surface area contributed by atoms with Crippen LogP contribution in [0.4, 0.5) is 13.2 Å². The van der Waals surface area contributed by atoms with Crippen LogP contribution < -0.4 is 5.32 Å². The molecule has 1 aliphatic carbocycles. The molecule has 0 aromatic carbocycles. The average molecular weight is 451 g/mol. The van der Waals surface area contributed by atoms with Crippen LogP contribution in [0, 0.1) is 16.2 Å². The van der Waals surface area contributed by atoms with E-state index in [0.717, 1.165) is 25.9 Å². The van der Waals surface area contributed by atoms with Crippen LogP contribution in [0.2, 0.25) is 0 Å². The normalized spacial score (nSPS) is 35.3. The van der Waals surface area contributed by atoms with Crippen molar-refractivity contribution in [2.24, 2.45) is 16.2 Å². The van der Waals surface area contributed by atoms with Crippen molar-refractivity contribution in [3.8, 4) is 0 Å². The lowest BCUT2D eigenvalue weighted by Crippen LogP contribution is -2.52. The smallest absolute Gasteiger partial charge is 0.475 e. The highest BCUT2D eigenvalue weighted by atomic mass is 19.4. The van der Waals surface area contributed by atoms with Gasteiger partial charge in [0.25, 0.3) is 0 Å². The fraction of sp³-hybridized carbons (Fsp3) is 0.850. The zero-order valence-electron chi connectivity index (χ0n) is 17.8. The number of esters is 2. The molecule has 31 heavy (non-hydrogen) atoms. The Bertz CT molecular complexity index is 762. The van der Waals surface area contributed by atoms with E-state index in [1.54, 1.807) is 0 Å². The summed E-state index contributed by atoms with van der Waals surface area (Å²) >= 11 is 0. The first-order valence-electron chi connectivity index (χ1n) is 10.3. The maximum absolute atomic E-state index is 13.1. The lowest BCUT2D eigenvalue weighted by Gasteiger charge is -2.40. The van der Waals surface area contributed by atoms with E-state index in [1.165, 1.54) is 0 Å². The van der Waals surface area contributed by atoms with Crippen molar-refractivity contribution in [1.82, 2.24) is 5.32 Å². The Hall–Kier alpha value is -1.88. The number of piperidine rings is 1. The topological polar surface area (TPSA) is 111 Å². The van der Waals surface area contributed by atoms with Crippen molar-refractivity contribution < 1.29 is 46.9 Å². The minimum Gasteiger partial charge on any atom is -0.475 e. The van der Waals surface area contributed by atoms with Crippen molar-refractivity contribution in [3.05, 3.63) is 0 Å². The third kappa shape index (κ3) is 3.59. The summed E-state index contributed by atoms with van der Waals surface area (Å²) in [4.78, 5) is 34.4. The first-order valence-corrected chi connectivity index (χ1v) is 10.3. The van der Waals surface area contributed by atoms with E-state index >= 15 is 0 Å². The second kappa shape index (κ2) is 7.61. The lowest BCUT2D eigenvalue weighted by atomic mass is 9.66. The first-order chi connectivity index (χ1) is 14.2. The quantitative estimate of drug-likeness (QED) is 0.614. The van der Waals surface area contributed by atoms with Crippen LogP contribution in [0.15, 0.2) is 0 Å². The predicted octanol–water partition coefficient (Wildman–Crippen LogP) is 2.05. The molecule has 0 aromatic rings. The molecule has 3 aliphatic heterocycles. The number of carboxylic acids is 1. The van der Waals surface area contributed by atoms with Gasteiger partial charge >= 0.3 is 24.1 Å². The van der Waals surface area contributed by atoms with Gasteiger partial charge in [-0.2, -0.15) is 13.2 Å². The average Bonchev–Trinajstić information content (AvgIpc) is 3.19. The molecule has 1 saturated carbocycles. The van der Waals surface area contributed by atoms with Crippen LogP contribution in [-0.2, 0) is 28.6 Å². The van der Waals surface area contributed by atoms with E-state index in [2.05, 4.69) is 5.32 Å². The Morgan fingerprint density at radius 1 is 1.13 bits per heavy atom. The van der Waals surface area contributed by atoms with Gasteiger partial charge < -0.3 is 24.6 Å². The maximum Gasteiger partial charge on any atom is 0.490 e. The van der Waals surface area contributed by atoms with E-state index in [0.29, 0.717) is 26.1 Å². The van der Waals surface area contributed by atoms with Gasteiger partial charge in [-0.3, -0.25) is 4.79 Å². The number of carbonyl (C=O) groups is 3. The second-order valence-electron chi connectivity index (χ2n) is 9.50. The standard InChI is InChI=1S/C18H27NO5.C2HF3O2/c1-15(2)16(3)4-5-18(15,24-13(16)20)14(21)23-12-10-22-11-17(12)6-8-19-9-7-17;3-2(4,5)1(6)7/h12,19H,4-11H2,1-3H3;(H,6,7)/t12-,16-,18+;/m0./s1. The van der Waals surface area contributed by atoms with E-state index in [-0.39, 0.29) is 23.5 Å². The van der Waals surface area contributed by atoms with Crippen molar-refractivity contribution in [2.45, 2.75) is 64.3 Å². The molecule has 176 valence electrons. The molecule has 3 atom stereocenters. The fourth-order valence-electron chi connectivity index (χ4n) is 5.12. The third-order valence-corrected chi connectivity index (χ3v) is 7.85. The summed E-state index contributed by atoms with van der Waals surface area (Å²) < 4.78 is 49.0. The van der Waals surface area contributed by atoms with Gasteiger partial charge in [-0.25, -0.2) is 9.59 Å². The van der Waals surface area contributed by atoms with Crippen LogP contribution in [0.1, 0.15) is 46.5 Å². The lowest BCUT2D eigenvalue weighted by molar-refractivity contribution is -0.192. The van der Waals surface area contributed by atoms with Gasteiger partial charge in [-0.05, 0) is 45.7 Å². The van der Waals surface area contributed by atoms with E-state index < -0.39 is 28.6 Å². The molecule has 2 N–H and O–H groups in total. The minimum absolute atomic E-state index is 0.0911. The second-order valence-corrected chi connectivity index (χ2v) is 9.50. The molecule has 0 amide bonds. The number of fused-ring (bicyclic) bond motifs is 2. The van der Waals surface area contributed by atoms with Gasteiger partial charge in [0, 0.05) is 10.8 Å². The fourth-order valence-corrected chi connectivity index (χ4v) is 5.12. The molecule has 1 spiro atoms. The molecular formula is C20H28F3NO7. The minimum atomic E-state index is -5.08. The first kappa shape index (κ1) is 23.8. The van der Waals surface area contributed by atoms with Crippen LogP contribution in [0.3, 0.4) is 0 Å². The van der Waals surface area contributed by atoms with Crippen molar-refractivity contribution in [2.75, 3.05) is 26.3 Å². The molecule has 0 radical (unpaired) electrons. The van der Waals surface area contributed by atoms with Crippen molar-refractivity contribution in [3.63, 3.8) is 0 Å². The summed E-state index contributed by atoms with van der Waals surface area (Å²) in [6, 6.07) is 0. The number of carbonyl (C=O) groups excluding carboxylic acids is 2. The number of carboxylic acid groups (broad SMARTS) is 1. The predicted molar refractivity (Wildman–Crippen MR) is 98.9 cm³/mol. The largest absolute Gasteiger partial charge is 0.490 e. The Morgan fingerprint density at radius 2 is 1.71 bits per heavy atom. The van der Waals surface area contributed by atoms with Gasteiger partial charge in [-0.1, -0.05) is 13.8 Å². The Labute approximate surface area is 177 Å². The number of nitrogens with one attached hydrogen (secondary N) is 1. The molecule has 8 nitrogen and oxygen atoms in total. The summed E-state index contributed by atoms with van der Waals surface area (Å²) in [5.74, 6) is -3.40. The van der Waals surface area contributed by atoms with E-state index in [9.17, 15) is 22.8 Å². The summed E-state index contributed by atoms with van der Waals surface area (Å²) in [7, 11) is 0. The Morgan fingerprint density at radius 3 is 2.16 bits per heavy atom. The molecule has 0 aromatic heterocycles. The van der Waals surface area contributed by atoms with Crippen LogP contribution in [0.5, 0.6) is 0 Å². The van der Waals surface area contributed by atoms with Crippen molar-refractivity contribution in [1.29, 1.82) is 0 Å². The van der Waals surface area contributed by atoms with Gasteiger partial charge in [-0.15, -0.1) is 0 Å². The summed E-state index contributed by atoms with van der Waals surface area (Å²) in [6.07, 6.45) is -2.23. The van der Waals surface area contributed by atoms with Crippen molar-refractivity contribution >= 4 is 17.9 Å². The number of alkyl halides is 3. The van der Waals surface area contributed by atoms with Crippen LogP contribution in [-0.4, -0.2) is 67.2 Å². The third-order valence-electron chi connectivity index (χ3n) is 7.85. The van der Waals surface area contributed by atoms with Gasteiger partial charge in [0.2, 0.25) is 5.60 Å². The SMILES string of the molecule is CC1(C)[C@@]2(C)CC[C@]1(C(=O)O[C@H]1COCC13CCNCC3)OC2=O.O=C(O)C(F)(F)F. The molecule has 3 saturated heterocycles. The zero-order chi connectivity index (χ0) is 23.3. The van der Waals surface area contributed by atoms with Gasteiger partial charge in [0.15, 0.2) is 0 Å². The van der Waals surface area contributed by atoms with Gasteiger partial charge in [0.05, 0.1) is 18.6 Å². The molecule has 4 aliphatic rings. The molecule has 2 bridgehead atoms. The molecule has 4 rings (SSSR count). The number of hydrogen-bond donors (Lipinski definition) is 2. The number of aliphatic carboxylic acids is 1. The number of halogens is 3.